The second-order valence-electron chi connectivity index (χ2n) is 6.21. The van der Waals surface area contributed by atoms with Gasteiger partial charge in [0, 0.05) is 25.6 Å². The van der Waals surface area contributed by atoms with E-state index in [0.29, 0.717) is 13.0 Å². The standard InChI is InChI=1S/C19H32N4O2/c1-6-20-19(22-12-10-18(24)23-14(2)3)21-11-9-16-8-7-15(4)17(13-16)25-5/h7-8,13-14H,6,9-12H2,1-5H3,(H,23,24)(H2,20,21,22). The number of nitrogens with one attached hydrogen (secondary N) is 3. The molecule has 3 N–H and O–H groups in total. The molecule has 6 heteroatoms. The van der Waals surface area contributed by atoms with E-state index in [1.54, 1.807) is 7.11 Å². The maximum atomic E-state index is 11.6. The minimum atomic E-state index is 0.0290. The molecule has 0 radical (unpaired) electrons. The summed E-state index contributed by atoms with van der Waals surface area (Å²) >= 11 is 0. The number of benzene rings is 1. The van der Waals surface area contributed by atoms with E-state index in [-0.39, 0.29) is 11.9 Å². The highest BCUT2D eigenvalue weighted by atomic mass is 16.5. The van der Waals surface area contributed by atoms with E-state index >= 15 is 0 Å². The number of rotatable bonds is 9. The third-order valence-electron chi connectivity index (χ3n) is 3.58. The third-order valence-corrected chi connectivity index (χ3v) is 3.58. The molecule has 0 atom stereocenters. The van der Waals surface area contributed by atoms with Crippen molar-refractivity contribution in [1.82, 2.24) is 16.0 Å². The SMILES string of the molecule is CCNC(=NCCC(=O)NC(C)C)NCCc1ccc(C)c(OC)c1. The lowest BCUT2D eigenvalue weighted by molar-refractivity contribution is -0.121. The van der Waals surface area contributed by atoms with Gasteiger partial charge in [0.15, 0.2) is 5.96 Å². The van der Waals surface area contributed by atoms with E-state index in [9.17, 15) is 4.79 Å². The van der Waals surface area contributed by atoms with Crippen LogP contribution in [0, 0.1) is 6.92 Å². The van der Waals surface area contributed by atoms with Crippen LogP contribution in [0.3, 0.4) is 0 Å². The minimum Gasteiger partial charge on any atom is -0.496 e. The molecule has 1 aromatic carbocycles. The molecular weight excluding hydrogens is 316 g/mol. The van der Waals surface area contributed by atoms with Crippen molar-refractivity contribution in [3.63, 3.8) is 0 Å². The summed E-state index contributed by atoms with van der Waals surface area (Å²) in [7, 11) is 1.69. The van der Waals surface area contributed by atoms with Crippen LogP contribution >= 0.6 is 0 Å². The summed E-state index contributed by atoms with van der Waals surface area (Å²) in [4.78, 5) is 16.1. The number of ether oxygens (including phenoxy) is 1. The molecule has 0 spiro atoms. The predicted octanol–water partition coefficient (Wildman–Crippen LogP) is 2.02. The van der Waals surface area contributed by atoms with E-state index in [4.69, 9.17) is 4.74 Å². The van der Waals surface area contributed by atoms with Gasteiger partial charge in [-0.2, -0.15) is 0 Å². The van der Waals surface area contributed by atoms with Crippen molar-refractivity contribution in [2.75, 3.05) is 26.7 Å². The number of hydrogen-bond acceptors (Lipinski definition) is 3. The van der Waals surface area contributed by atoms with Crippen LogP contribution < -0.4 is 20.7 Å². The average molecular weight is 348 g/mol. The number of aryl methyl sites for hydroxylation is 1. The largest absolute Gasteiger partial charge is 0.496 e. The smallest absolute Gasteiger partial charge is 0.222 e. The Balaban J connectivity index is 2.46. The molecule has 1 aromatic rings. The normalized spacial score (nSPS) is 11.4. The van der Waals surface area contributed by atoms with Crippen LogP contribution in [-0.4, -0.2) is 44.7 Å². The number of amides is 1. The van der Waals surface area contributed by atoms with Crippen LogP contribution in [-0.2, 0) is 11.2 Å². The Morgan fingerprint density at radius 1 is 1.28 bits per heavy atom. The summed E-state index contributed by atoms with van der Waals surface area (Å²) in [5.74, 6) is 1.68. The number of carbonyl (C=O) groups is 1. The van der Waals surface area contributed by atoms with Crippen molar-refractivity contribution < 1.29 is 9.53 Å². The maximum absolute atomic E-state index is 11.6. The lowest BCUT2D eigenvalue weighted by Crippen LogP contribution is -2.38. The average Bonchev–Trinajstić information content (AvgIpc) is 2.55. The summed E-state index contributed by atoms with van der Waals surface area (Å²) in [6.07, 6.45) is 1.26. The predicted molar refractivity (Wildman–Crippen MR) is 103 cm³/mol. The zero-order valence-corrected chi connectivity index (χ0v) is 16.1. The molecule has 6 nitrogen and oxygen atoms in total. The number of methoxy groups -OCH3 is 1. The van der Waals surface area contributed by atoms with Crippen LogP contribution in [0.2, 0.25) is 0 Å². The molecule has 25 heavy (non-hydrogen) atoms. The molecule has 0 fully saturated rings. The summed E-state index contributed by atoms with van der Waals surface area (Å²) in [5, 5.41) is 9.37. The van der Waals surface area contributed by atoms with Gasteiger partial charge in [0.1, 0.15) is 5.75 Å². The molecule has 0 aliphatic rings. The summed E-state index contributed by atoms with van der Waals surface area (Å²) in [6, 6.07) is 6.41. The van der Waals surface area contributed by atoms with Crippen LogP contribution in [0.4, 0.5) is 0 Å². The van der Waals surface area contributed by atoms with Crippen molar-refractivity contribution in [2.24, 2.45) is 4.99 Å². The first kappa shape index (κ1) is 20.8. The fourth-order valence-corrected chi connectivity index (χ4v) is 2.35. The van der Waals surface area contributed by atoms with Crippen LogP contribution in [0.5, 0.6) is 5.75 Å². The molecule has 0 aromatic heterocycles. The van der Waals surface area contributed by atoms with Crippen LogP contribution in [0.25, 0.3) is 0 Å². The van der Waals surface area contributed by atoms with Gasteiger partial charge in [-0.25, -0.2) is 0 Å². The Hall–Kier alpha value is -2.24. The second kappa shape index (κ2) is 11.3. The quantitative estimate of drug-likeness (QED) is 0.471. The Labute approximate surface area is 151 Å². The first-order chi connectivity index (χ1) is 12.0. The summed E-state index contributed by atoms with van der Waals surface area (Å²) in [5.41, 5.74) is 2.34. The maximum Gasteiger partial charge on any atom is 0.222 e. The van der Waals surface area contributed by atoms with Gasteiger partial charge < -0.3 is 20.7 Å². The summed E-state index contributed by atoms with van der Waals surface area (Å²) in [6.45, 7) is 9.96. The van der Waals surface area contributed by atoms with Crippen molar-refractivity contribution in [1.29, 1.82) is 0 Å². The summed E-state index contributed by atoms with van der Waals surface area (Å²) < 4.78 is 5.36. The van der Waals surface area contributed by atoms with Gasteiger partial charge >= 0.3 is 0 Å². The number of aliphatic imine (C=N–C) groups is 1. The third kappa shape index (κ3) is 8.42. The van der Waals surface area contributed by atoms with Crippen molar-refractivity contribution in [3.8, 4) is 5.75 Å². The van der Waals surface area contributed by atoms with Gasteiger partial charge in [-0.1, -0.05) is 12.1 Å². The van der Waals surface area contributed by atoms with Gasteiger partial charge in [0.2, 0.25) is 5.91 Å². The molecule has 0 aliphatic carbocycles. The first-order valence-electron chi connectivity index (χ1n) is 8.91. The Morgan fingerprint density at radius 3 is 2.68 bits per heavy atom. The Bertz CT molecular complexity index is 571. The minimum absolute atomic E-state index is 0.0290. The van der Waals surface area contributed by atoms with Crippen LogP contribution in [0.1, 0.15) is 38.3 Å². The van der Waals surface area contributed by atoms with Gasteiger partial charge in [-0.3, -0.25) is 9.79 Å². The molecule has 0 unspecified atom stereocenters. The molecule has 0 saturated heterocycles. The molecule has 140 valence electrons. The highest BCUT2D eigenvalue weighted by Crippen LogP contribution is 2.18. The fraction of sp³-hybridized carbons (Fsp3) is 0.579. The monoisotopic (exact) mass is 348 g/mol. The van der Waals surface area contributed by atoms with E-state index in [1.165, 1.54) is 5.56 Å². The molecule has 0 aliphatic heterocycles. The number of hydrogen-bond donors (Lipinski definition) is 3. The van der Waals surface area contributed by atoms with Gasteiger partial charge in [0.05, 0.1) is 13.7 Å². The van der Waals surface area contributed by atoms with Crippen molar-refractivity contribution >= 4 is 11.9 Å². The Morgan fingerprint density at radius 2 is 2.04 bits per heavy atom. The number of nitrogens with zero attached hydrogens (tertiary/aromatic N) is 1. The fourth-order valence-electron chi connectivity index (χ4n) is 2.35. The highest BCUT2D eigenvalue weighted by molar-refractivity contribution is 5.80. The van der Waals surface area contributed by atoms with E-state index in [1.807, 2.05) is 27.7 Å². The van der Waals surface area contributed by atoms with E-state index < -0.39 is 0 Å². The Kier molecular flexibility index (Phi) is 9.43. The molecule has 0 bridgehead atoms. The van der Waals surface area contributed by atoms with Gasteiger partial charge in [0.25, 0.3) is 0 Å². The zero-order chi connectivity index (χ0) is 18.7. The lowest BCUT2D eigenvalue weighted by atomic mass is 10.1. The lowest BCUT2D eigenvalue weighted by Gasteiger charge is -2.12. The van der Waals surface area contributed by atoms with E-state index in [0.717, 1.165) is 36.8 Å². The second-order valence-corrected chi connectivity index (χ2v) is 6.21. The topological polar surface area (TPSA) is 74.8 Å². The van der Waals surface area contributed by atoms with Gasteiger partial charge in [-0.05, 0) is 51.3 Å². The van der Waals surface area contributed by atoms with Crippen LogP contribution in [0.15, 0.2) is 23.2 Å². The van der Waals surface area contributed by atoms with Crippen molar-refractivity contribution in [3.05, 3.63) is 29.3 Å². The molecular formula is C19H32N4O2. The van der Waals surface area contributed by atoms with Crippen molar-refractivity contribution in [2.45, 2.75) is 46.6 Å². The van der Waals surface area contributed by atoms with E-state index in [2.05, 4.69) is 39.1 Å². The molecule has 0 saturated carbocycles. The zero-order valence-electron chi connectivity index (χ0n) is 16.1. The molecule has 0 heterocycles. The number of guanidine groups is 1. The molecule has 1 amide bonds. The number of carbonyl (C=O) groups excluding carboxylic acids is 1. The molecule has 1 rings (SSSR count). The first-order valence-corrected chi connectivity index (χ1v) is 8.91. The van der Waals surface area contributed by atoms with Gasteiger partial charge in [-0.15, -0.1) is 0 Å². The highest BCUT2D eigenvalue weighted by Gasteiger charge is 2.04.